The van der Waals surface area contributed by atoms with Crippen molar-refractivity contribution in [2.24, 2.45) is 0 Å². The van der Waals surface area contributed by atoms with Crippen molar-refractivity contribution in [2.75, 3.05) is 19.9 Å². The molecule has 114 valence electrons. The second kappa shape index (κ2) is 6.79. The van der Waals surface area contributed by atoms with Crippen LogP contribution in [0.3, 0.4) is 0 Å². The minimum Gasteiger partial charge on any atom is -0.465 e. The van der Waals surface area contributed by atoms with Gasteiger partial charge >= 0.3 is 5.97 Å². The van der Waals surface area contributed by atoms with Crippen molar-refractivity contribution in [1.82, 2.24) is 4.72 Å². The fourth-order valence-corrected chi connectivity index (χ4v) is 4.67. The first kappa shape index (κ1) is 17.3. The Bertz CT molecular complexity index is 620. The van der Waals surface area contributed by atoms with Crippen molar-refractivity contribution in [2.45, 2.75) is 24.0 Å². The average Bonchev–Trinajstić information content (AvgIpc) is 2.77. The van der Waals surface area contributed by atoms with Gasteiger partial charge in [0.15, 0.2) is 0 Å². The average molecular weight is 339 g/mol. The Morgan fingerprint density at radius 1 is 1.55 bits per heavy atom. The van der Waals surface area contributed by atoms with E-state index >= 15 is 0 Å². The minimum absolute atomic E-state index is 0.0430. The Morgan fingerprint density at radius 2 is 2.15 bits per heavy atom. The van der Waals surface area contributed by atoms with E-state index in [0.29, 0.717) is 5.56 Å². The first-order valence-corrected chi connectivity index (χ1v) is 9.67. The van der Waals surface area contributed by atoms with Crippen molar-refractivity contribution < 1.29 is 22.2 Å². The van der Waals surface area contributed by atoms with E-state index in [9.17, 15) is 17.4 Å². The van der Waals surface area contributed by atoms with Crippen molar-refractivity contribution in [3.63, 3.8) is 0 Å². The molecule has 20 heavy (non-hydrogen) atoms. The molecule has 2 atom stereocenters. The summed E-state index contributed by atoms with van der Waals surface area (Å²) in [5.74, 6) is -0.685. The summed E-state index contributed by atoms with van der Waals surface area (Å²) >= 11 is 1.02. The molecular weight excluding hydrogens is 322 g/mol. The molecule has 0 aliphatic carbocycles. The number of ether oxygens (including phenoxy) is 1. The van der Waals surface area contributed by atoms with Crippen LogP contribution in [0.15, 0.2) is 10.3 Å². The smallest absolute Gasteiger partial charge is 0.349 e. The zero-order valence-electron chi connectivity index (χ0n) is 11.6. The summed E-state index contributed by atoms with van der Waals surface area (Å²) in [6, 6.07) is 0. The molecule has 0 aliphatic heterocycles. The standard InChI is InChI=1S/C11H17NO5S3/c1-7-6-18-9(11(13)17-3)10(7)20(15,16)12-5-8(2)19(4)14/h6,8,12H,5H2,1-4H3. The second-order valence-electron chi connectivity index (χ2n) is 4.23. The van der Waals surface area contributed by atoms with E-state index in [0.717, 1.165) is 11.3 Å². The van der Waals surface area contributed by atoms with E-state index in [2.05, 4.69) is 9.46 Å². The highest BCUT2D eigenvalue weighted by Gasteiger charge is 2.27. The van der Waals surface area contributed by atoms with Gasteiger partial charge < -0.3 is 4.74 Å². The number of rotatable bonds is 6. The molecule has 0 aliphatic rings. The van der Waals surface area contributed by atoms with Gasteiger partial charge in [0.2, 0.25) is 10.0 Å². The maximum atomic E-state index is 12.3. The molecule has 1 rings (SSSR count). The van der Waals surface area contributed by atoms with Gasteiger partial charge in [0.25, 0.3) is 0 Å². The number of nitrogens with one attached hydrogen (secondary N) is 1. The van der Waals surface area contributed by atoms with E-state index < -0.39 is 26.8 Å². The lowest BCUT2D eigenvalue weighted by molar-refractivity contribution is 0.0602. The Balaban J connectivity index is 3.07. The Morgan fingerprint density at radius 3 is 2.65 bits per heavy atom. The molecule has 1 N–H and O–H groups in total. The predicted molar refractivity (Wildman–Crippen MR) is 79.1 cm³/mol. The fourth-order valence-electron chi connectivity index (χ4n) is 1.42. The van der Waals surface area contributed by atoms with Crippen LogP contribution in [0.2, 0.25) is 0 Å². The van der Waals surface area contributed by atoms with Gasteiger partial charge in [-0.05, 0) is 24.8 Å². The van der Waals surface area contributed by atoms with Crippen LogP contribution in [-0.2, 0) is 25.6 Å². The van der Waals surface area contributed by atoms with Crippen molar-refractivity contribution in [3.8, 4) is 0 Å². The van der Waals surface area contributed by atoms with Crippen LogP contribution >= 0.6 is 11.3 Å². The maximum absolute atomic E-state index is 12.3. The van der Waals surface area contributed by atoms with Crippen LogP contribution < -0.4 is 4.72 Å². The van der Waals surface area contributed by atoms with Crippen molar-refractivity contribution in [3.05, 3.63) is 15.8 Å². The minimum atomic E-state index is -3.84. The first-order valence-electron chi connectivity index (χ1n) is 5.69. The molecule has 9 heteroatoms. The van der Waals surface area contributed by atoms with E-state index in [-0.39, 0.29) is 21.6 Å². The Kier molecular flexibility index (Phi) is 5.87. The molecule has 1 heterocycles. The number of hydrogen-bond donors (Lipinski definition) is 1. The van der Waals surface area contributed by atoms with Gasteiger partial charge in [-0.15, -0.1) is 11.3 Å². The molecule has 0 aromatic carbocycles. The lowest BCUT2D eigenvalue weighted by Gasteiger charge is -2.11. The van der Waals surface area contributed by atoms with Gasteiger partial charge in [-0.25, -0.2) is 17.9 Å². The van der Waals surface area contributed by atoms with Gasteiger partial charge in [-0.2, -0.15) is 0 Å². The number of carbonyl (C=O) groups is 1. The van der Waals surface area contributed by atoms with Crippen LogP contribution in [-0.4, -0.2) is 43.8 Å². The van der Waals surface area contributed by atoms with Crippen LogP contribution in [0.25, 0.3) is 0 Å². The van der Waals surface area contributed by atoms with Gasteiger partial charge in [0, 0.05) is 28.9 Å². The molecule has 1 aromatic rings. The van der Waals surface area contributed by atoms with Crippen LogP contribution in [0.5, 0.6) is 0 Å². The second-order valence-corrected chi connectivity index (χ2v) is 8.62. The van der Waals surface area contributed by atoms with Crippen LogP contribution in [0.1, 0.15) is 22.2 Å². The molecule has 0 radical (unpaired) electrons. The van der Waals surface area contributed by atoms with Gasteiger partial charge in [-0.3, -0.25) is 4.21 Å². The van der Waals surface area contributed by atoms with Gasteiger partial charge in [-0.1, -0.05) is 0 Å². The third-order valence-corrected chi connectivity index (χ3v) is 6.80. The summed E-state index contributed by atoms with van der Waals surface area (Å²) in [6.07, 6.45) is 1.51. The number of hydrogen-bond acceptors (Lipinski definition) is 6. The highest BCUT2D eigenvalue weighted by atomic mass is 32.2. The monoisotopic (exact) mass is 339 g/mol. The molecule has 0 amide bonds. The van der Waals surface area contributed by atoms with Gasteiger partial charge in [0.05, 0.1) is 7.11 Å². The summed E-state index contributed by atoms with van der Waals surface area (Å²) in [5, 5.41) is 1.27. The molecular formula is C11H17NO5S3. The van der Waals surface area contributed by atoms with E-state index in [1.165, 1.54) is 13.4 Å². The molecule has 0 spiro atoms. The third-order valence-electron chi connectivity index (χ3n) is 2.68. The summed E-state index contributed by atoms with van der Waals surface area (Å²) < 4.78 is 42.7. The molecule has 2 unspecified atom stereocenters. The summed E-state index contributed by atoms with van der Waals surface area (Å²) in [6.45, 7) is 3.33. The number of thiophene rings is 1. The van der Waals surface area contributed by atoms with Crippen molar-refractivity contribution in [1.29, 1.82) is 0 Å². The number of sulfonamides is 1. The fraction of sp³-hybridized carbons (Fsp3) is 0.545. The number of methoxy groups -OCH3 is 1. The third kappa shape index (κ3) is 3.87. The largest absolute Gasteiger partial charge is 0.465 e. The predicted octanol–water partition coefficient (Wildman–Crippen LogP) is 0.888. The van der Waals surface area contributed by atoms with E-state index in [1.807, 2.05) is 0 Å². The first-order chi connectivity index (χ1) is 9.20. The number of carbonyl (C=O) groups excluding carboxylic acids is 1. The molecule has 0 saturated carbocycles. The Hall–Kier alpha value is -0.770. The maximum Gasteiger partial charge on any atom is 0.349 e. The van der Waals surface area contributed by atoms with E-state index in [4.69, 9.17) is 0 Å². The topological polar surface area (TPSA) is 89.5 Å². The molecule has 1 aromatic heterocycles. The Labute approximate surface area is 125 Å². The normalized spacial score (nSPS) is 14.8. The SMILES string of the molecule is COC(=O)c1scc(C)c1S(=O)(=O)NCC(C)S(C)=O. The number of esters is 1. The van der Waals surface area contributed by atoms with Gasteiger partial charge in [0.1, 0.15) is 9.77 Å². The highest BCUT2D eigenvalue weighted by molar-refractivity contribution is 7.90. The van der Waals surface area contributed by atoms with Crippen LogP contribution in [0.4, 0.5) is 0 Å². The van der Waals surface area contributed by atoms with Crippen molar-refractivity contribution >= 4 is 38.1 Å². The lowest BCUT2D eigenvalue weighted by Crippen LogP contribution is -2.33. The quantitative estimate of drug-likeness (QED) is 0.778. The lowest BCUT2D eigenvalue weighted by atomic mass is 10.3. The van der Waals surface area contributed by atoms with Crippen LogP contribution in [0, 0.1) is 6.92 Å². The molecule has 0 bridgehead atoms. The number of aryl methyl sites for hydroxylation is 1. The summed E-state index contributed by atoms with van der Waals surface area (Å²) in [5.41, 5.74) is 0.480. The molecule has 0 fully saturated rings. The van der Waals surface area contributed by atoms with E-state index in [1.54, 1.807) is 19.2 Å². The molecule has 0 saturated heterocycles. The zero-order valence-corrected chi connectivity index (χ0v) is 14.1. The summed E-state index contributed by atoms with van der Waals surface area (Å²) in [4.78, 5) is 11.6. The summed E-state index contributed by atoms with van der Waals surface area (Å²) in [7, 11) is -3.77. The highest BCUT2D eigenvalue weighted by Crippen LogP contribution is 2.27. The zero-order chi connectivity index (χ0) is 15.5. The molecule has 6 nitrogen and oxygen atoms in total.